The summed E-state index contributed by atoms with van der Waals surface area (Å²) in [5.74, 6) is -1.37. The first-order chi connectivity index (χ1) is 26.8. The first-order valence-electron chi connectivity index (χ1n) is 18.5. The van der Waals surface area contributed by atoms with Gasteiger partial charge in [-0.2, -0.15) is 19.9 Å². The molecule has 2 N–H and O–H groups in total. The minimum atomic E-state index is -0.966. The molecule has 0 aliphatic carbocycles. The van der Waals surface area contributed by atoms with Crippen molar-refractivity contribution in [1.82, 2.24) is 39.4 Å². The van der Waals surface area contributed by atoms with Crippen molar-refractivity contribution >= 4 is 66.6 Å². The number of rotatable bonds is 8. The highest BCUT2D eigenvalue weighted by atomic mass is 35.5. The van der Waals surface area contributed by atoms with Crippen LogP contribution in [0.25, 0.3) is 32.1 Å². The molecule has 6 heterocycles. The van der Waals surface area contributed by atoms with Crippen LogP contribution in [-0.2, 0) is 6.54 Å². The minimum Gasteiger partial charge on any atom is -0.461 e. The standard InChI is InChI=1S/C38H39Cl2F3N10O2S/c1-19(2)53(37(54)52-18-46-35(40)49-52)28-7-10-50(14-20(28)3)16-27-23-11-25(39)30(22-5-6-26(42)33-29(22)24(13-44)34(45)56-33)31(43)32(23)48-36(47-27)55-17-38-8-4-9-51(38)15-21(41)12-38/h5-6,11,18-21,28H,4,7-10,12,14-17,45H2,1-3H3/t20?,21-,28?,38+/m1/s1. The largest absolute Gasteiger partial charge is 0.461 e. The van der Waals surface area contributed by atoms with Gasteiger partial charge in [0.05, 0.1) is 26.5 Å². The third-order valence-electron chi connectivity index (χ3n) is 11.5. The Labute approximate surface area is 334 Å². The highest BCUT2D eigenvalue weighted by molar-refractivity contribution is 7.23. The number of carbonyl (C=O) groups is 1. The predicted octanol–water partition coefficient (Wildman–Crippen LogP) is 7.69. The maximum atomic E-state index is 17.2. The first-order valence-corrected chi connectivity index (χ1v) is 20.1. The van der Waals surface area contributed by atoms with E-state index in [1.54, 1.807) is 11.0 Å². The van der Waals surface area contributed by atoms with E-state index < -0.39 is 23.3 Å². The van der Waals surface area contributed by atoms with Crippen molar-refractivity contribution in [2.75, 3.05) is 38.5 Å². The van der Waals surface area contributed by atoms with Gasteiger partial charge in [-0.1, -0.05) is 24.6 Å². The highest BCUT2D eigenvalue weighted by Crippen LogP contribution is 2.46. The van der Waals surface area contributed by atoms with Crippen LogP contribution in [0, 0.1) is 28.9 Å². The summed E-state index contributed by atoms with van der Waals surface area (Å²) in [6.45, 7) is 8.66. The molecular formula is C38H39Cl2F3N10O2S. The number of aromatic nitrogens is 5. The Morgan fingerprint density at radius 2 is 2.04 bits per heavy atom. The van der Waals surface area contributed by atoms with Crippen LogP contribution in [0.1, 0.15) is 57.7 Å². The second kappa shape index (κ2) is 14.9. The number of ether oxygens (including phenoxy) is 1. The van der Waals surface area contributed by atoms with Crippen molar-refractivity contribution in [3.63, 3.8) is 0 Å². The Morgan fingerprint density at radius 3 is 2.75 bits per heavy atom. The number of nitrogens with zero attached hydrogens (tertiary/aromatic N) is 9. The number of benzene rings is 2. The van der Waals surface area contributed by atoms with Gasteiger partial charge in [0.2, 0.25) is 5.28 Å². The van der Waals surface area contributed by atoms with Crippen molar-refractivity contribution in [3.8, 4) is 23.2 Å². The highest BCUT2D eigenvalue weighted by Gasteiger charge is 2.49. The molecule has 3 aromatic heterocycles. The molecule has 12 nitrogen and oxygen atoms in total. The van der Waals surface area contributed by atoms with Gasteiger partial charge >= 0.3 is 12.0 Å². The molecule has 5 aromatic rings. The van der Waals surface area contributed by atoms with E-state index in [1.807, 2.05) is 19.9 Å². The zero-order valence-electron chi connectivity index (χ0n) is 30.9. The van der Waals surface area contributed by atoms with E-state index in [2.05, 4.69) is 31.8 Å². The number of thiophene rings is 1. The molecule has 8 rings (SSSR count). The van der Waals surface area contributed by atoms with E-state index in [4.69, 9.17) is 38.7 Å². The zero-order chi connectivity index (χ0) is 39.6. The quantitative estimate of drug-likeness (QED) is 0.166. The van der Waals surface area contributed by atoms with Gasteiger partial charge in [-0.05, 0) is 74.9 Å². The van der Waals surface area contributed by atoms with Crippen LogP contribution in [0.3, 0.4) is 0 Å². The zero-order valence-corrected chi connectivity index (χ0v) is 33.2. The van der Waals surface area contributed by atoms with E-state index in [-0.39, 0.29) is 90.8 Å². The lowest BCUT2D eigenvalue weighted by Crippen LogP contribution is -2.55. The number of fused-ring (bicyclic) bond motifs is 3. The summed E-state index contributed by atoms with van der Waals surface area (Å²) in [5, 5.41) is 14.6. The van der Waals surface area contributed by atoms with Gasteiger partial charge in [0, 0.05) is 61.0 Å². The first kappa shape index (κ1) is 38.6. The molecule has 2 unspecified atom stereocenters. The maximum absolute atomic E-state index is 17.2. The summed E-state index contributed by atoms with van der Waals surface area (Å²) in [6, 6.07) is 5.58. The number of likely N-dealkylation sites (tertiary alicyclic amines) is 1. The topological polar surface area (TPSA) is 142 Å². The van der Waals surface area contributed by atoms with Gasteiger partial charge in [0.1, 0.15) is 41.5 Å². The molecule has 3 saturated heterocycles. The number of alkyl halides is 1. The van der Waals surface area contributed by atoms with Crippen molar-refractivity contribution in [2.45, 2.75) is 76.8 Å². The van der Waals surface area contributed by atoms with Gasteiger partial charge in [-0.3, -0.25) is 9.80 Å². The predicted molar refractivity (Wildman–Crippen MR) is 209 cm³/mol. The number of carbonyl (C=O) groups excluding carboxylic acids is 1. The van der Waals surface area contributed by atoms with Crippen LogP contribution in [0.4, 0.5) is 23.0 Å². The lowest BCUT2D eigenvalue weighted by atomic mass is 9.91. The number of nitrogens with two attached hydrogens (primary N) is 1. The number of halogens is 5. The third kappa shape index (κ3) is 6.70. The van der Waals surface area contributed by atoms with Gasteiger partial charge in [-0.15, -0.1) is 16.4 Å². The summed E-state index contributed by atoms with van der Waals surface area (Å²) < 4.78 is 54.3. The van der Waals surface area contributed by atoms with Crippen LogP contribution in [0.5, 0.6) is 6.01 Å². The molecule has 0 bridgehead atoms. The second-order valence-corrected chi connectivity index (χ2v) is 17.1. The normalized spacial score (nSPS) is 23.0. The van der Waals surface area contributed by atoms with Crippen LogP contribution in [0.15, 0.2) is 24.5 Å². The molecule has 1 amide bonds. The van der Waals surface area contributed by atoms with E-state index in [9.17, 15) is 18.8 Å². The molecule has 3 aliphatic rings. The second-order valence-electron chi connectivity index (χ2n) is 15.3. The third-order valence-corrected chi connectivity index (χ3v) is 13.0. The van der Waals surface area contributed by atoms with Crippen molar-refractivity contribution in [3.05, 3.63) is 57.7 Å². The molecule has 0 radical (unpaired) electrons. The molecule has 294 valence electrons. The van der Waals surface area contributed by atoms with Gasteiger partial charge in [0.15, 0.2) is 5.82 Å². The SMILES string of the molecule is CC1CN(Cc2nc(OC[C@@]34CCCN3C[C@H](F)C4)nc3c(F)c(-c4ccc(F)c5sc(N)c(C#N)c45)c(Cl)cc23)CCC1N(C(=O)n1cnc(Cl)n1)C(C)C. The van der Waals surface area contributed by atoms with E-state index >= 15 is 4.39 Å². The Hall–Kier alpha value is -4.27. The van der Waals surface area contributed by atoms with Crippen molar-refractivity contribution in [1.29, 1.82) is 5.26 Å². The maximum Gasteiger partial charge on any atom is 0.346 e. The van der Waals surface area contributed by atoms with E-state index in [0.29, 0.717) is 43.6 Å². The lowest BCUT2D eigenvalue weighted by Gasteiger charge is -2.44. The Morgan fingerprint density at radius 1 is 1.23 bits per heavy atom. The van der Waals surface area contributed by atoms with Gasteiger partial charge < -0.3 is 15.4 Å². The molecule has 3 fully saturated rings. The lowest BCUT2D eigenvalue weighted by molar-refractivity contribution is 0.0617. The van der Waals surface area contributed by atoms with Crippen LogP contribution in [0.2, 0.25) is 10.3 Å². The summed E-state index contributed by atoms with van der Waals surface area (Å²) >= 11 is 13.7. The average Bonchev–Trinajstić information content (AvgIpc) is 3.91. The monoisotopic (exact) mass is 826 g/mol. The number of anilines is 1. The molecular weight excluding hydrogens is 788 g/mol. The van der Waals surface area contributed by atoms with E-state index in [1.165, 1.54) is 18.5 Å². The fourth-order valence-corrected chi connectivity index (χ4v) is 10.4. The molecule has 56 heavy (non-hydrogen) atoms. The minimum absolute atomic E-state index is 0.0153. The summed E-state index contributed by atoms with van der Waals surface area (Å²) in [4.78, 5) is 32.9. The Bertz CT molecular complexity index is 2410. The molecule has 3 aliphatic heterocycles. The summed E-state index contributed by atoms with van der Waals surface area (Å²) in [6.07, 6.45) is 2.99. The van der Waals surface area contributed by atoms with Gasteiger partial charge in [-0.25, -0.2) is 22.9 Å². The average molecular weight is 828 g/mol. The van der Waals surface area contributed by atoms with Crippen LogP contribution in [-0.4, -0.2) is 102 Å². The Balaban J connectivity index is 1.16. The number of amides is 1. The smallest absolute Gasteiger partial charge is 0.346 e. The molecule has 0 spiro atoms. The molecule has 2 aromatic carbocycles. The molecule has 0 saturated carbocycles. The number of piperidine rings is 1. The number of nitrogen functional groups attached to an aromatic ring is 1. The summed E-state index contributed by atoms with van der Waals surface area (Å²) in [5.41, 5.74) is 6.18. The van der Waals surface area contributed by atoms with Crippen molar-refractivity contribution < 1.29 is 22.7 Å². The fraction of sp³-hybridized carbons (Fsp3) is 0.474. The van der Waals surface area contributed by atoms with E-state index in [0.717, 1.165) is 35.4 Å². The summed E-state index contributed by atoms with van der Waals surface area (Å²) in [7, 11) is 0. The number of hydrogen-bond acceptors (Lipinski definition) is 11. The Kier molecular flexibility index (Phi) is 10.3. The molecule has 4 atom stereocenters. The fourth-order valence-electron chi connectivity index (χ4n) is 9.01. The van der Waals surface area contributed by atoms with Gasteiger partial charge in [0.25, 0.3) is 0 Å². The van der Waals surface area contributed by atoms with Crippen molar-refractivity contribution in [2.24, 2.45) is 5.92 Å². The van der Waals surface area contributed by atoms with Crippen LogP contribution < -0.4 is 10.5 Å². The molecule has 18 heteroatoms. The number of nitriles is 1. The van der Waals surface area contributed by atoms with Crippen LogP contribution >= 0.6 is 34.5 Å². The number of hydrogen-bond donors (Lipinski definition) is 1.